The molecule has 0 saturated carbocycles. The Morgan fingerprint density at radius 1 is 1.03 bits per heavy atom. The van der Waals surface area contributed by atoms with E-state index in [1.807, 2.05) is 24.3 Å². The second-order valence-corrected chi connectivity index (χ2v) is 8.95. The van der Waals surface area contributed by atoms with Gasteiger partial charge in [-0.05, 0) is 48.4 Å². The van der Waals surface area contributed by atoms with Crippen molar-refractivity contribution in [3.8, 4) is 0 Å². The summed E-state index contributed by atoms with van der Waals surface area (Å²) in [5.74, 6) is -0.00708. The predicted molar refractivity (Wildman–Crippen MR) is 121 cm³/mol. The summed E-state index contributed by atoms with van der Waals surface area (Å²) in [4.78, 5) is 32.6. The smallest absolute Gasteiger partial charge is 0.338 e. The van der Waals surface area contributed by atoms with Gasteiger partial charge in [0.2, 0.25) is 5.91 Å². The van der Waals surface area contributed by atoms with Gasteiger partial charge in [-0.2, -0.15) is 0 Å². The Hall–Kier alpha value is -3.17. The number of aryl methyl sites for hydroxylation is 1. The number of piperazine rings is 1. The van der Waals surface area contributed by atoms with E-state index in [0.717, 1.165) is 57.3 Å². The molecule has 0 N–H and O–H groups in total. The minimum absolute atomic E-state index is 0.218. The van der Waals surface area contributed by atoms with Gasteiger partial charge in [-0.25, -0.2) is 9.64 Å². The molecule has 164 valence electrons. The Labute approximate surface area is 188 Å². The zero-order valence-corrected chi connectivity index (χ0v) is 18.2. The molecule has 2 heterocycles. The van der Waals surface area contributed by atoms with Gasteiger partial charge < -0.3 is 9.64 Å². The Morgan fingerprint density at radius 2 is 1.94 bits per heavy atom. The number of hydrogen-bond acceptors (Lipinski definition) is 4. The number of carbonyl (C=O) groups is 2. The van der Waals surface area contributed by atoms with Gasteiger partial charge in [-0.1, -0.05) is 35.9 Å². The summed E-state index contributed by atoms with van der Waals surface area (Å²) < 4.78 is 5.10. The first kappa shape index (κ1) is 20.7. The van der Waals surface area contributed by atoms with Gasteiger partial charge in [0.1, 0.15) is 0 Å². The quantitative estimate of drug-likeness (QED) is 0.553. The molecule has 0 aromatic heterocycles. The van der Waals surface area contributed by atoms with Gasteiger partial charge in [0.05, 0.1) is 25.3 Å². The first-order valence-electron chi connectivity index (χ1n) is 11.4. The van der Waals surface area contributed by atoms with Crippen LogP contribution in [0.1, 0.15) is 39.0 Å². The summed E-state index contributed by atoms with van der Waals surface area (Å²) in [7, 11) is 0. The first-order valence-corrected chi connectivity index (χ1v) is 11.4. The molecule has 2 aromatic carbocycles. The summed E-state index contributed by atoms with van der Waals surface area (Å²) in [5, 5.41) is 0. The maximum absolute atomic E-state index is 12.9. The maximum Gasteiger partial charge on any atom is 0.338 e. The molecular formula is C26H27N3O3. The lowest BCUT2D eigenvalue weighted by Gasteiger charge is -2.41. The third-order valence-corrected chi connectivity index (χ3v) is 7.01. The van der Waals surface area contributed by atoms with Crippen LogP contribution in [-0.4, -0.2) is 60.5 Å². The highest BCUT2D eigenvalue weighted by Gasteiger charge is 2.31. The fraction of sp³-hybridized carbons (Fsp3) is 0.423. The topological polar surface area (TPSA) is 54.2 Å². The minimum atomic E-state index is -0.225. The summed E-state index contributed by atoms with van der Waals surface area (Å²) in [6.07, 6.45) is 4.43. The highest BCUT2D eigenvalue weighted by molar-refractivity contribution is 5.92. The van der Waals surface area contributed by atoms with Crippen LogP contribution in [0.5, 0.6) is 0 Å². The largest absolute Gasteiger partial charge is 0.462 e. The third-order valence-electron chi connectivity index (χ3n) is 7.01. The average Bonchev–Trinajstić information content (AvgIpc) is 2.82. The number of esters is 1. The fourth-order valence-electron chi connectivity index (χ4n) is 5.20. The third kappa shape index (κ3) is 4.13. The molecule has 0 bridgehead atoms. The van der Waals surface area contributed by atoms with Crippen molar-refractivity contribution in [1.29, 1.82) is 0 Å². The van der Waals surface area contributed by atoms with Crippen LogP contribution in [0.15, 0.2) is 36.4 Å². The van der Waals surface area contributed by atoms with Crippen LogP contribution >= 0.6 is 0 Å². The molecule has 2 aliphatic heterocycles. The van der Waals surface area contributed by atoms with Crippen molar-refractivity contribution in [2.75, 3.05) is 32.8 Å². The number of cyclic esters (lactones) is 1. The van der Waals surface area contributed by atoms with Crippen LogP contribution in [0.2, 0.25) is 0 Å². The molecule has 2 aromatic rings. The summed E-state index contributed by atoms with van der Waals surface area (Å²) >= 11 is 0. The van der Waals surface area contributed by atoms with Crippen LogP contribution in [0.3, 0.4) is 0 Å². The van der Waals surface area contributed by atoms with Crippen LogP contribution in [-0.2, 0) is 35.2 Å². The van der Waals surface area contributed by atoms with Crippen LogP contribution in [0.25, 0.3) is 4.85 Å². The van der Waals surface area contributed by atoms with Crippen molar-refractivity contribution in [2.24, 2.45) is 0 Å². The Bertz CT molecular complexity index is 1100. The molecule has 0 radical (unpaired) electrons. The zero-order valence-electron chi connectivity index (χ0n) is 18.2. The number of amides is 1. The number of rotatable bonds is 4. The molecule has 0 spiro atoms. The normalized spacial score (nSPS) is 20.8. The van der Waals surface area contributed by atoms with Gasteiger partial charge in [0.25, 0.3) is 0 Å². The van der Waals surface area contributed by atoms with Crippen molar-refractivity contribution < 1.29 is 14.3 Å². The lowest BCUT2D eigenvalue weighted by molar-refractivity contribution is -0.138. The predicted octanol–water partition coefficient (Wildman–Crippen LogP) is 3.19. The van der Waals surface area contributed by atoms with Crippen LogP contribution in [0.4, 0.5) is 5.69 Å². The molecule has 1 aliphatic carbocycles. The second-order valence-electron chi connectivity index (χ2n) is 8.95. The van der Waals surface area contributed by atoms with Gasteiger partial charge in [0.15, 0.2) is 5.69 Å². The molecule has 1 amide bonds. The van der Waals surface area contributed by atoms with E-state index in [4.69, 9.17) is 11.3 Å². The molecule has 1 unspecified atom stereocenters. The number of ether oxygens (including phenoxy) is 1. The summed E-state index contributed by atoms with van der Waals surface area (Å²) in [6.45, 7) is 10.6. The number of carbonyl (C=O) groups excluding carboxylic acids is 2. The fourth-order valence-corrected chi connectivity index (χ4v) is 5.20. The van der Waals surface area contributed by atoms with Gasteiger partial charge in [0, 0.05) is 32.1 Å². The van der Waals surface area contributed by atoms with Crippen molar-refractivity contribution in [3.63, 3.8) is 0 Å². The van der Waals surface area contributed by atoms with Gasteiger partial charge >= 0.3 is 5.97 Å². The van der Waals surface area contributed by atoms with E-state index >= 15 is 0 Å². The van der Waals surface area contributed by atoms with E-state index in [-0.39, 0.29) is 17.9 Å². The number of benzene rings is 2. The lowest BCUT2D eigenvalue weighted by atomic mass is 9.87. The van der Waals surface area contributed by atoms with E-state index in [0.29, 0.717) is 24.4 Å². The molecule has 3 aliphatic rings. The van der Waals surface area contributed by atoms with Crippen LogP contribution in [0, 0.1) is 6.57 Å². The lowest BCUT2D eigenvalue weighted by Crippen LogP contribution is -2.55. The number of fused-ring (bicyclic) bond motifs is 2. The molecule has 6 nitrogen and oxygen atoms in total. The van der Waals surface area contributed by atoms with Crippen molar-refractivity contribution in [1.82, 2.24) is 9.80 Å². The highest BCUT2D eigenvalue weighted by Crippen LogP contribution is 2.29. The van der Waals surface area contributed by atoms with Crippen molar-refractivity contribution in [2.45, 2.75) is 38.1 Å². The SMILES string of the molecule is [C-]#[N+]c1ccc2c(c1)CCC(N1CCN(CCc3ccc4c(c3)CCOC4=O)CC1=O)C2. The van der Waals surface area contributed by atoms with Crippen LogP contribution < -0.4 is 0 Å². The molecule has 1 fully saturated rings. The molecule has 6 heteroatoms. The Balaban J connectivity index is 1.16. The molecule has 1 atom stereocenters. The van der Waals surface area contributed by atoms with E-state index in [2.05, 4.69) is 26.8 Å². The summed E-state index contributed by atoms with van der Waals surface area (Å²) in [5.41, 5.74) is 6.20. The second kappa shape index (κ2) is 8.76. The van der Waals surface area contributed by atoms with E-state index in [1.54, 1.807) is 0 Å². The first-order chi connectivity index (χ1) is 15.6. The molecule has 5 rings (SSSR count). The Kier molecular flexibility index (Phi) is 5.67. The number of hydrogen-bond donors (Lipinski definition) is 0. The molecule has 32 heavy (non-hydrogen) atoms. The Morgan fingerprint density at radius 3 is 2.78 bits per heavy atom. The average molecular weight is 430 g/mol. The monoisotopic (exact) mass is 429 g/mol. The van der Waals surface area contributed by atoms with Crippen molar-refractivity contribution >= 4 is 17.6 Å². The van der Waals surface area contributed by atoms with Gasteiger partial charge in [-0.15, -0.1) is 0 Å². The van der Waals surface area contributed by atoms with Crippen molar-refractivity contribution in [3.05, 3.63) is 75.6 Å². The van der Waals surface area contributed by atoms with E-state index < -0.39 is 0 Å². The standard InChI is InChI=1S/C26H27N3O3/c1-27-22-5-3-20-16-23(6-4-19(20)15-22)29-12-11-28(17-25(29)30)10-8-18-2-7-24-21(14-18)9-13-32-26(24)31/h2-3,5,7,14-15,23H,4,6,8-13,16-17H2. The van der Waals surface area contributed by atoms with Gasteiger partial charge in [-0.3, -0.25) is 9.69 Å². The van der Waals surface area contributed by atoms with E-state index in [9.17, 15) is 9.59 Å². The maximum atomic E-state index is 12.9. The highest BCUT2D eigenvalue weighted by atomic mass is 16.5. The zero-order chi connectivity index (χ0) is 22.1. The minimum Gasteiger partial charge on any atom is -0.462 e. The summed E-state index contributed by atoms with van der Waals surface area (Å²) in [6, 6.07) is 12.2. The molecular weight excluding hydrogens is 402 g/mol. The van der Waals surface area contributed by atoms with E-state index in [1.165, 1.54) is 16.7 Å². The molecule has 1 saturated heterocycles. The number of nitrogens with zero attached hydrogens (tertiary/aromatic N) is 3.